The first-order chi connectivity index (χ1) is 21.9. The summed E-state index contributed by atoms with van der Waals surface area (Å²) in [6.45, 7) is 2.62. The third-order valence-electron chi connectivity index (χ3n) is 8.14. The van der Waals surface area contributed by atoms with E-state index in [9.17, 15) is 19.2 Å². The molecule has 2 aliphatic rings. The van der Waals surface area contributed by atoms with Gasteiger partial charge in [-0.05, 0) is 85.8 Å². The predicted octanol–water partition coefficient (Wildman–Crippen LogP) is 3.92. The van der Waals surface area contributed by atoms with Crippen LogP contribution in [0.25, 0.3) is 22.9 Å². The van der Waals surface area contributed by atoms with Crippen molar-refractivity contribution < 1.29 is 23.6 Å². The minimum absolute atomic E-state index is 0.0901. The van der Waals surface area contributed by atoms with E-state index in [1.807, 2.05) is 6.07 Å². The number of benzene rings is 2. The molecule has 0 radical (unpaired) electrons. The molecule has 12 nitrogen and oxygen atoms in total. The van der Waals surface area contributed by atoms with Crippen molar-refractivity contribution in [1.29, 1.82) is 0 Å². The van der Waals surface area contributed by atoms with Gasteiger partial charge in [-0.15, -0.1) is 10.2 Å². The van der Waals surface area contributed by atoms with Gasteiger partial charge in [0.15, 0.2) is 0 Å². The zero-order valence-corrected chi connectivity index (χ0v) is 24.8. The molecule has 4 amide bonds. The van der Waals surface area contributed by atoms with E-state index in [0.29, 0.717) is 60.2 Å². The second kappa shape index (κ2) is 13.1. The van der Waals surface area contributed by atoms with Gasteiger partial charge in [-0.2, -0.15) is 0 Å². The lowest BCUT2D eigenvalue weighted by molar-refractivity contribution is -0.136. The highest BCUT2D eigenvalue weighted by Gasteiger charge is 2.34. The third kappa shape index (κ3) is 6.74. The van der Waals surface area contributed by atoms with Crippen LogP contribution in [0.4, 0.5) is 11.4 Å². The number of hydrogen-bond acceptors (Lipinski definition) is 8. The first kappa shape index (κ1) is 29.7. The zero-order valence-electron chi connectivity index (χ0n) is 24.8. The SMILES string of the molecule is CC(=O)N1CCCC1C(=O)Nc1ccc(-c2nnc(-c3ccc(NC(=O)C4CCCN4C(=O)Cc4cccnc4)cc3)o2)cc1. The van der Waals surface area contributed by atoms with E-state index in [1.165, 1.54) is 6.92 Å². The fourth-order valence-electron chi connectivity index (χ4n) is 5.83. The molecular weight excluding hydrogens is 574 g/mol. The number of amides is 4. The molecule has 2 aromatic carbocycles. The average Bonchev–Trinajstić information content (AvgIpc) is 3.84. The molecule has 4 heterocycles. The van der Waals surface area contributed by atoms with Gasteiger partial charge in [-0.25, -0.2) is 0 Å². The standard InChI is InChI=1S/C33H33N7O5/c1-21(41)39-17-3-6-27(39)30(43)35-25-12-8-23(9-13-25)32-37-38-33(45-32)24-10-14-26(15-11-24)36-31(44)28-7-4-18-40(28)29(42)19-22-5-2-16-34-20-22/h2,5,8-16,20,27-28H,3-4,6-7,17-19H2,1H3,(H,35,43)(H,36,44). The molecule has 0 spiro atoms. The van der Waals surface area contributed by atoms with Crippen molar-refractivity contribution in [3.63, 3.8) is 0 Å². The maximum Gasteiger partial charge on any atom is 0.248 e. The number of pyridine rings is 1. The van der Waals surface area contributed by atoms with Crippen LogP contribution in [0.5, 0.6) is 0 Å². The number of anilines is 2. The molecule has 2 unspecified atom stereocenters. The quantitative estimate of drug-likeness (QED) is 0.306. The predicted molar refractivity (Wildman–Crippen MR) is 166 cm³/mol. The number of nitrogens with one attached hydrogen (secondary N) is 2. The molecule has 2 saturated heterocycles. The summed E-state index contributed by atoms with van der Waals surface area (Å²) in [5.41, 5.74) is 3.38. The third-order valence-corrected chi connectivity index (χ3v) is 8.14. The maximum atomic E-state index is 13.1. The first-order valence-corrected chi connectivity index (χ1v) is 15.0. The Hall–Kier alpha value is -5.39. The Kier molecular flexibility index (Phi) is 8.63. The number of rotatable bonds is 8. The molecule has 6 rings (SSSR count). The van der Waals surface area contributed by atoms with Gasteiger partial charge in [0.1, 0.15) is 12.1 Å². The molecule has 0 saturated carbocycles. The molecular formula is C33H33N7O5. The maximum absolute atomic E-state index is 13.1. The van der Waals surface area contributed by atoms with E-state index in [-0.39, 0.29) is 30.0 Å². The lowest BCUT2D eigenvalue weighted by atomic mass is 10.1. The van der Waals surface area contributed by atoms with E-state index in [0.717, 1.165) is 18.4 Å². The summed E-state index contributed by atoms with van der Waals surface area (Å²) in [6.07, 6.45) is 6.37. The van der Waals surface area contributed by atoms with Gasteiger partial charge in [0.05, 0.1) is 6.42 Å². The van der Waals surface area contributed by atoms with Crippen LogP contribution in [-0.2, 0) is 25.6 Å². The normalized spacial score (nSPS) is 17.7. The number of carbonyl (C=O) groups excluding carboxylic acids is 4. The van der Waals surface area contributed by atoms with Gasteiger partial charge in [0, 0.05) is 54.9 Å². The second-order valence-corrected chi connectivity index (χ2v) is 11.2. The van der Waals surface area contributed by atoms with Crippen molar-refractivity contribution in [3.8, 4) is 22.9 Å². The van der Waals surface area contributed by atoms with Crippen molar-refractivity contribution in [2.45, 2.75) is 51.1 Å². The summed E-state index contributed by atoms with van der Waals surface area (Å²) in [6, 6.07) is 16.8. The van der Waals surface area contributed by atoms with Gasteiger partial charge < -0.3 is 24.9 Å². The number of nitrogens with zero attached hydrogens (tertiary/aromatic N) is 5. The van der Waals surface area contributed by atoms with Crippen LogP contribution < -0.4 is 10.6 Å². The zero-order chi connectivity index (χ0) is 31.3. The van der Waals surface area contributed by atoms with Crippen LogP contribution in [0.1, 0.15) is 38.2 Å². The molecule has 0 aliphatic carbocycles. The lowest BCUT2D eigenvalue weighted by Gasteiger charge is -2.24. The summed E-state index contributed by atoms with van der Waals surface area (Å²) in [7, 11) is 0. The smallest absolute Gasteiger partial charge is 0.248 e. The number of carbonyl (C=O) groups is 4. The van der Waals surface area contributed by atoms with Gasteiger partial charge in [0.2, 0.25) is 35.4 Å². The molecule has 2 fully saturated rings. The molecule has 0 bridgehead atoms. The van der Waals surface area contributed by atoms with E-state index < -0.39 is 12.1 Å². The minimum atomic E-state index is -0.523. The molecule has 45 heavy (non-hydrogen) atoms. The molecule has 12 heteroatoms. The summed E-state index contributed by atoms with van der Waals surface area (Å²) >= 11 is 0. The van der Waals surface area contributed by atoms with Crippen molar-refractivity contribution >= 4 is 35.0 Å². The van der Waals surface area contributed by atoms with E-state index in [1.54, 1.807) is 76.8 Å². The van der Waals surface area contributed by atoms with Crippen LogP contribution in [0.2, 0.25) is 0 Å². The van der Waals surface area contributed by atoms with Crippen molar-refractivity contribution in [1.82, 2.24) is 25.0 Å². The molecule has 2 N–H and O–H groups in total. The monoisotopic (exact) mass is 607 g/mol. The average molecular weight is 608 g/mol. The van der Waals surface area contributed by atoms with Gasteiger partial charge in [-0.3, -0.25) is 24.2 Å². The Morgan fingerprint density at radius 1 is 0.778 bits per heavy atom. The fraction of sp³-hybridized carbons (Fsp3) is 0.303. The minimum Gasteiger partial charge on any atom is -0.416 e. The van der Waals surface area contributed by atoms with Crippen LogP contribution in [0.15, 0.2) is 77.5 Å². The highest BCUT2D eigenvalue weighted by atomic mass is 16.4. The number of likely N-dealkylation sites (tertiary alicyclic amines) is 2. The number of aromatic nitrogens is 3. The fourth-order valence-corrected chi connectivity index (χ4v) is 5.83. The Labute approximate surface area is 259 Å². The van der Waals surface area contributed by atoms with Crippen molar-refractivity contribution in [2.75, 3.05) is 23.7 Å². The van der Waals surface area contributed by atoms with Crippen LogP contribution in [0.3, 0.4) is 0 Å². The summed E-state index contributed by atoms with van der Waals surface area (Å²) in [5.74, 6) is 0.0117. The highest BCUT2D eigenvalue weighted by molar-refractivity contribution is 5.98. The van der Waals surface area contributed by atoms with Crippen LogP contribution >= 0.6 is 0 Å². The summed E-state index contributed by atoms with van der Waals surface area (Å²) in [5, 5.41) is 14.1. The van der Waals surface area contributed by atoms with E-state index in [2.05, 4.69) is 25.8 Å². The Bertz CT molecular complexity index is 1690. The van der Waals surface area contributed by atoms with Gasteiger partial charge in [0.25, 0.3) is 0 Å². The summed E-state index contributed by atoms with van der Waals surface area (Å²) < 4.78 is 5.90. The summed E-state index contributed by atoms with van der Waals surface area (Å²) in [4.78, 5) is 57.8. The van der Waals surface area contributed by atoms with Gasteiger partial charge in [-0.1, -0.05) is 6.07 Å². The molecule has 2 aromatic heterocycles. The van der Waals surface area contributed by atoms with Gasteiger partial charge >= 0.3 is 0 Å². The first-order valence-electron chi connectivity index (χ1n) is 15.0. The van der Waals surface area contributed by atoms with Crippen LogP contribution in [0, 0.1) is 0 Å². The van der Waals surface area contributed by atoms with Crippen molar-refractivity contribution in [3.05, 3.63) is 78.6 Å². The molecule has 2 atom stereocenters. The molecule has 230 valence electrons. The van der Waals surface area contributed by atoms with E-state index in [4.69, 9.17) is 4.42 Å². The van der Waals surface area contributed by atoms with Crippen molar-refractivity contribution in [2.24, 2.45) is 0 Å². The largest absolute Gasteiger partial charge is 0.416 e. The topological polar surface area (TPSA) is 151 Å². The van der Waals surface area contributed by atoms with E-state index >= 15 is 0 Å². The second-order valence-electron chi connectivity index (χ2n) is 11.2. The molecule has 2 aliphatic heterocycles. The molecule has 4 aromatic rings. The Balaban J connectivity index is 1.05. The highest BCUT2D eigenvalue weighted by Crippen LogP contribution is 2.27. The lowest BCUT2D eigenvalue weighted by Crippen LogP contribution is -2.43. The Morgan fingerprint density at radius 3 is 1.82 bits per heavy atom. The number of hydrogen-bond donors (Lipinski definition) is 2. The Morgan fingerprint density at radius 2 is 1.31 bits per heavy atom. The van der Waals surface area contributed by atoms with Crippen LogP contribution in [-0.4, -0.2) is 73.8 Å².